The molecule has 0 unspecified atom stereocenters. The molecular formula is C24H24F2. The summed E-state index contributed by atoms with van der Waals surface area (Å²) in [6.45, 7) is 4.15. The van der Waals surface area contributed by atoms with Crippen molar-refractivity contribution in [3.8, 4) is 22.3 Å². The van der Waals surface area contributed by atoms with Crippen molar-refractivity contribution in [2.75, 3.05) is 0 Å². The van der Waals surface area contributed by atoms with Gasteiger partial charge in [-0.15, -0.1) is 0 Å². The van der Waals surface area contributed by atoms with E-state index in [9.17, 15) is 8.78 Å². The van der Waals surface area contributed by atoms with Crippen LogP contribution in [0.25, 0.3) is 22.3 Å². The number of aryl methyl sites for hydroxylation is 2. The Morgan fingerprint density at radius 2 is 1.35 bits per heavy atom. The van der Waals surface area contributed by atoms with Crippen LogP contribution in [0.4, 0.5) is 8.78 Å². The first-order valence-electron chi connectivity index (χ1n) is 9.24. The number of halogens is 2. The van der Waals surface area contributed by atoms with E-state index < -0.39 is 0 Å². The van der Waals surface area contributed by atoms with Gasteiger partial charge in [0, 0.05) is 5.56 Å². The second-order valence-corrected chi connectivity index (χ2v) is 6.82. The summed E-state index contributed by atoms with van der Waals surface area (Å²) in [6.07, 6.45) is 3.91. The Morgan fingerprint density at radius 3 is 2.00 bits per heavy atom. The van der Waals surface area contributed by atoms with E-state index in [2.05, 4.69) is 6.92 Å². The van der Waals surface area contributed by atoms with Gasteiger partial charge in [0.2, 0.25) is 0 Å². The predicted octanol–water partition coefficient (Wildman–Crippen LogP) is 7.34. The van der Waals surface area contributed by atoms with Crippen molar-refractivity contribution in [2.24, 2.45) is 0 Å². The minimum Gasteiger partial charge on any atom is -0.207 e. The second-order valence-electron chi connectivity index (χ2n) is 6.82. The van der Waals surface area contributed by atoms with E-state index in [-0.39, 0.29) is 11.6 Å². The van der Waals surface area contributed by atoms with Gasteiger partial charge in [0.1, 0.15) is 11.6 Å². The summed E-state index contributed by atoms with van der Waals surface area (Å²) in [7, 11) is 0. The van der Waals surface area contributed by atoms with Crippen LogP contribution in [0.15, 0.2) is 60.7 Å². The van der Waals surface area contributed by atoms with Gasteiger partial charge >= 0.3 is 0 Å². The van der Waals surface area contributed by atoms with Crippen molar-refractivity contribution in [1.82, 2.24) is 0 Å². The molecule has 3 aromatic carbocycles. The third-order valence-electron chi connectivity index (χ3n) is 4.77. The fourth-order valence-electron chi connectivity index (χ4n) is 3.16. The summed E-state index contributed by atoms with van der Waals surface area (Å²) in [6, 6.07) is 18.2. The molecule has 0 aliphatic heterocycles. The van der Waals surface area contributed by atoms with Crippen molar-refractivity contribution in [1.29, 1.82) is 0 Å². The molecule has 3 aromatic rings. The monoisotopic (exact) mass is 350 g/mol. The molecule has 0 radical (unpaired) electrons. The lowest BCUT2D eigenvalue weighted by Gasteiger charge is -2.09. The summed E-state index contributed by atoms with van der Waals surface area (Å²) in [5.41, 5.74) is 4.68. The second kappa shape index (κ2) is 8.27. The molecule has 0 aliphatic carbocycles. The average Bonchev–Trinajstić information content (AvgIpc) is 2.64. The molecule has 2 heteroatoms. The Labute approximate surface area is 154 Å². The molecule has 0 aromatic heterocycles. The Bertz CT molecular complexity index is 879. The van der Waals surface area contributed by atoms with Gasteiger partial charge in [0.05, 0.1) is 0 Å². The fourth-order valence-corrected chi connectivity index (χ4v) is 3.16. The predicted molar refractivity (Wildman–Crippen MR) is 105 cm³/mol. The highest BCUT2D eigenvalue weighted by molar-refractivity contribution is 5.71. The highest BCUT2D eigenvalue weighted by Crippen LogP contribution is 2.29. The molecule has 0 saturated carbocycles. The van der Waals surface area contributed by atoms with Gasteiger partial charge in [-0.2, -0.15) is 0 Å². The molecule has 3 rings (SSSR count). The lowest BCUT2D eigenvalue weighted by molar-refractivity contribution is 0.598. The average molecular weight is 350 g/mol. The van der Waals surface area contributed by atoms with E-state index in [1.165, 1.54) is 17.7 Å². The van der Waals surface area contributed by atoms with E-state index in [4.69, 9.17) is 0 Å². The fraction of sp³-hybridized carbons (Fsp3) is 0.250. The largest absolute Gasteiger partial charge is 0.207 e. The maximum atomic E-state index is 14.7. The van der Waals surface area contributed by atoms with E-state index in [1.54, 1.807) is 12.1 Å². The standard InChI is InChI=1S/C24H24F2/c1-3-4-5-6-19-11-12-21(16-23(19)25)22-14-13-20(15-24(22)26)18-9-7-17(2)8-10-18/h7-16H,3-6H2,1-2H3. The van der Waals surface area contributed by atoms with Crippen LogP contribution < -0.4 is 0 Å². The maximum absolute atomic E-state index is 14.7. The molecular weight excluding hydrogens is 326 g/mol. The summed E-state index contributed by atoms with van der Waals surface area (Å²) < 4.78 is 29.0. The Balaban J connectivity index is 1.85. The van der Waals surface area contributed by atoms with Crippen molar-refractivity contribution in [3.63, 3.8) is 0 Å². The van der Waals surface area contributed by atoms with Crippen molar-refractivity contribution in [3.05, 3.63) is 83.4 Å². The van der Waals surface area contributed by atoms with Crippen LogP contribution in [0.5, 0.6) is 0 Å². The minimum absolute atomic E-state index is 0.249. The Hall–Kier alpha value is -2.48. The van der Waals surface area contributed by atoms with Crippen LogP contribution >= 0.6 is 0 Å². The number of benzene rings is 3. The minimum atomic E-state index is -0.332. The Morgan fingerprint density at radius 1 is 0.692 bits per heavy atom. The SMILES string of the molecule is CCCCCc1ccc(-c2ccc(-c3ccc(C)cc3)cc2F)cc1F. The van der Waals surface area contributed by atoms with E-state index in [0.29, 0.717) is 16.7 Å². The molecule has 0 heterocycles. The smallest absolute Gasteiger partial charge is 0.131 e. The molecule has 0 amide bonds. The lowest BCUT2D eigenvalue weighted by Crippen LogP contribution is -1.93. The number of hydrogen-bond acceptors (Lipinski definition) is 0. The van der Waals surface area contributed by atoms with Crippen LogP contribution in [0.2, 0.25) is 0 Å². The van der Waals surface area contributed by atoms with Crippen molar-refractivity contribution >= 4 is 0 Å². The summed E-state index contributed by atoms with van der Waals surface area (Å²) in [5, 5.41) is 0. The van der Waals surface area contributed by atoms with E-state index in [0.717, 1.165) is 36.8 Å². The summed E-state index contributed by atoms with van der Waals surface area (Å²) in [4.78, 5) is 0. The highest BCUT2D eigenvalue weighted by atomic mass is 19.1. The van der Waals surface area contributed by atoms with Gasteiger partial charge in [0.25, 0.3) is 0 Å². The molecule has 26 heavy (non-hydrogen) atoms. The van der Waals surface area contributed by atoms with Gasteiger partial charge in [-0.05, 0) is 54.2 Å². The first-order chi connectivity index (χ1) is 12.6. The maximum Gasteiger partial charge on any atom is 0.131 e. The van der Waals surface area contributed by atoms with Crippen LogP contribution in [-0.4, -0.2) is 0 Å². The number of unbranched alkanes of at least 4 members (excludes halogenated alkanes) is 2. The van der Waals surface area contributed by atoms with E-state index in [1.807, 2.05) is 43.3 Å². The topological polar surface area (TPSA) is 0 Å². The zero-order chi connectivity index (χ0) is 18.5. The van der Waals surface area contributed by atoms with Gasteiger partial charge in [-0.25, -0.2) is 8.78 Å². The molecule has 0 bridgehead atoms. The van der Waals surface area contributed by atoms with Gasteiger partial charge in [0.15, 0.2) is 0 Å². The first kappa shape index (κ1) is 18.3. The molecule has 0 saturated heterocycles. The van der Waals surface area contributed by atoms with Crippen LogP contribution in [-0.2, 0) is 6.42 Å². The van der Waals surface area contributed by atoms with Gasteiger partial charge in [-0.3, -0.25) is 0 Å². The van der Waals surface area contributed by atoms with Gasteiger partial charge < -0.3 is 0 Å². The van der Waals surface area contributed by atoms with E-state index >= 15 is 0 Å². The molecule has 0 spiro atoms. The Kier molecular flexibility index (Phi) is 5.82. The first-order valence-corrected chi connectivity index (χ1v) is 9.24. The zero-order valence-corrected chi connectivity index (χ0v) is 15.4. The number of rotatable bonds is 6. The third kappa shape index (κ3) is 4.19. The molecule has 0 N–H and O–H groups in total. The molecule has 134 valence electrons. The highest BCUT2D eigenvalue weighted by Gasteiger charge is 2.10. The third-order valence-corrected chi connectivity index (χ3v) is 4.77. The normalized spacial score (nSPS) is 10.9. The molecule has 0 nitrogen and oxygen atoms in total. The number of hydrogen-bond donors (Lipinski definition) is 0. The quantitative estimate of drug-likeness (QED) is 0.408. The molecule has 0 fully saturated rings. The lowest BCUT2D eigenvalue weighted by atomic mass is 9.97. The van der Waals surface area contributed by atoms with Crippen molar-refractivity contribution in [2.45, 2.75) is 39.5 Å². The van der Waals surface area contributed by atoms with Crippen molar-refractivity contribution < 1.29 is 8.78 Å². The molecule has 0 aliphatic rings. The van der Waals surface area contributed by atoms with Crippen LogP contribution in [0.3, 0.4) is 0 Å². The zero-order valence-electron chi connectivity index (χ0n) is 15.4. The summed E-state index contributed by atoms with van der Waals surface area (Å²) in [5.74, 6) is -0.582. The summed E-state index contributed by atoms with van der Waals surface area (Å²) >= 11 is 0. The van der Waals surface area contributed by atoms with Gasteiger partial charge in [-0.1, -0.05) is 73.9 Å². The van der Waals surface area contributed by atoms with Crippen LogP contribution in [0, 0.1) is 18.6 Å². The van der Waals surface area contributed by atoms with Crippen LogP contribution in [0.1, 0.15) is 37.3 Å². The molecule has 0 atom stereocenters.